The van der Waals surface area contributed by atoms with Crippen molar-refractivity contribution in [2.24, 2.45) is 11.7 Å². The molecule has 0 bridgehead atoms. The lowest BCUT2D eigenvalue weighted by Gasteiger charge is -2.28. The quantitative estimate of drug-likeness (QED) is 0.230. The average Bonchev–Trinajstić information content (AvgIpc) is 3.38. The van der Waals surface area contributed by atoms with Gasteiger partial charge in [0, 0.05) is 5.56 Å². The number of aromatic nitrogens is 2. The summed E-state index contributed by atoms with van der Waals surface area (Å²) in [6.45, 7) is 3.55. The maximum absolute atomic E-state index is 13.9. The highest BCUT2D eigenvalue weighted by Crippen LogP contribution is 2.25. The van der Waals surface area contributed by atoms with Crippen LogP contribution >= 0.6 is 23.6 Å². The van der Waals surface area contributed by atoms with Crippen molar-refractivity contribution in [1.82, 2.24) is 15.5 Å². The molecule has 0 radical (unpaired) electrons. The number of H-pyrrole nitrogens is 1. The van der Waals surface area contributed by atoms with E-state index in [1.807, 2.05) is 60.7 Å². The molecule has 11 heteroatoms. The summed E-state index contributed by atoms with van der Waals surface area (Å²) in [6.07, 6.45) is 0.298. The fourth-order valence-electron chi connectivity index (χ4n) is 3.89. The van der Waals surface area contributed by atoms with Gasteiger partial charge in [-0.15, -0.1) is 5.10 Å². The number of nitrogens with zero attached hydrogens (tertiary/aromatic N) is 2. The number of rotatable bonds is 10. The Bertz CT molecular complexity index is 1500. The molecule has 0 spiro atoms. The molecule has 0 fully saturated rings. The van der Waals surface area contributed by atoms with Crippen molar-refractivity contribution in [1.29, 1.82) is 0 Å². The third-order valence-electron chi connectivity index (χ3n) is 5.99. The van der Waals surface area contributed by atoms with E-state index < -0.39 is 29.8 Å². The highest BCUT2D eigenvalue weighted by Gasteiger charge is 2.36. The summed E-state index contributed by atoms with van der Waals surface area (Å²) >= 11 is 6.13. The molecule has 9 nitrogen and oxygen atoms in total. The zero-order valence-corrected chi connectivity index (χ0v) is 23.6. The molecular weight excluding hydrogens is 546 g/mol. The van der Waals surface area contributed by atoms with Gasteiger partial charge in [0.2, 0.25) is 11.0 Å². The predicted octanol–water partition coefficient (Wildman–Crippen LogP) is 4.88. The molecule has 0 aliphatic heterocycles. The summed E-state index contributed by atoms with van der Waals surface area (Å²) in [7, 11) is 0. The number of nitrogens with two attached hydrogens (primary N) is 1. The molecule has 4 N–H and O–H groups in total. The van der Waals surface area contributed by atoms with Gasteiger partial charge in [0.15, 0.2) is 3.95 Å². The monoisotopic (exact) mass is 575 g/mol. The minimum Gasteiger partial charge on any atom is -0.457 e. The smallest absolute Gasteiger partial charge is 0.267 e. The molecule has 0 saturated heterocycles. The van der Waals surface area contributed by atoms with E-state index in [2.05, 4.69) is 15.5 Å². The van der Waals surface area contributed by atoms with E-state index in [9.17, 15) is 14.4 Å². The predicted molar refractivity (Wildman–Crippen MR) is 157 cm³/mol. The normalized spacial score (nSPS) is 12.4. The van der Waals surface area contributed by atoms with Crippen molar-refractivity contribution in [3.8, 4) is 11.5 Å². The Morgan fingerprint density at radius 2 is 1.57 bits per heavy atom. The summed E-state index contributed by atoms with van der Waals surface area (Å²) in [5, 5.41) is 9.51. The number of aromatic amines is 1. The minimum atomic E-state index is -1.04. The van der Waals surface area contributed by atoms with Crippen LogP contribution in [-0.2, 0) is 16.0 Å². The Balaban J connectivity index is 1.56. The van der Waals surface area contributed by atoms with Crippen LogP contribution in [0.15, 0.2) is 84.9 Å². The van der Waals surface area contributed by atoms with Crippen LogP contribution in [0.2, 0.25) is 0 Å². The fourth-order valence-corrected chi connectivity index (χ4v) is 4.77. The number of ether oxygens (including phenoxy) is 1. The van der Waals surface area contributed by atoms with Gasteiger partial charge in [-0.3, -0.25) is 19.5 Å². The van der Waals surface area contributed by atoms with E-state index >= 15 is 0 Å². The molecule has 3 amide bonds. The first-order valence-electron chi connectivity index (χ1n) is 12.6. The Kier molecular flexibility index (Phi) is 9.54. The number of hydrogen-bond acceptors (Lipinski definition) is 8. The molecule has 4 rings (SSSR count). The summed E-state index contributed by atoms with van der Waals surface area (Å²) in [6, 6.07) is 23.1. The van der Waals surface area contributed by atoms with Crippen molar-refractivity contribution >= 4 is 46.4 Å². The van der Waals surface area contributed by atoms with Gasteiger partial charge in [-0.2, -0.15) is 0 Å². The molecule has 0 saturated carbocycles. The number of hydrogen-bond donors (Lipinski definition) is 3. The Hall–Kier alpha value is -4.19. The van der Waals surface area contributed by atoms with Crippen molar-refractivity contribution in [3.05, 3.63) is 100 Å². The molecule has 206 valence electrons. The lowest BCUT2D eigenvalue weighted by molar-refractivity contribution is -0.129. The van der Waals surface area contributed by atoms with E-state index in [1.165, 1.54) is 0 Å². The third-order valence-corrected chi connectivity index (χ3v) is 7.06. The highest BCUT2D eigenvalue weighted by atomic mass is 32.1. The lowest BCUT2D eigenvalue weighted by atomic mass is 10.0. The number of nitrogens with one attached hydrogen (secondary N) is 2. The van der Waals surface area contributed by atoms with Gasteiger partial charge in [-0.05, 0) is 66.5 Å². The number of para-hydroxylation sites is 1. The van der Waals surface area contributed by atoms with Gasteiger partial charge in [0.05, 0.1) is 6.04 Å². The van der Waals surface area contributed by atoms with Crippen LogP contribution in [0.4, 0.5) is 5.13 Å². The number of anilines is 1. The maximum Gasteiger partial charge on any atom is 0.267 e. The van der Waals surface area contributed by atoms with Crippen LogP contribution in [0, 0.1) is 9.87 Å². The molecule has 0 aliphatic carbocycles. The van der Waals surface area contributed by atoms with Crippen LogP contribution in [0.1, 0.15) is 29.8 Å². The van der Waals surface area contributed by atoms with E-state index in [0.29, 0.717) is 21.9 Å². The van der Waals surface area contributed by atoms with Crippen LogP contribution in [0.3, 0.4) is 0 Å². The first-order valence-corrected chi connectivity index (χ1v) is 13.8. The Labute approximate surface area is 241 Å². The van der Waals surface area contributed by atoms with Crippen LogP contribution in [0.25, 0.3) is 0 Å². The second-order valence-electron chi connectivity index (χ2n) is 9.34. The summed E-state index contributed by atoms with van der Waals surface area (Å²) < 4.78 is 6.10. The fraction of sp³-hybridized carbons (Fsp3) is 0.207. The topological polar surface area (TPSA) is 130 Å². The van der Waals surface area contributed by atoms with Gasteiger partial charge >= 0.3 is 0 Å². The van der Waals surface area contributed by atoms with E-state index in [1.54, 1.807) is 38.1 Å². The lowest BCUT2D eigenvalue weighted by Crippen LogP contribution is -2.56. The summed E-state index contributed by atoms with van der Waals surface area (Å²) in [5.74, 6) is -0.957. The standard InChI is InChI=1S/C29H29N5O4S2/c1-18(2)24(31-25(35)23(30)17-19-9-5-3-6-10-19)27(37)34(28-32-33-29(39)40-28)26(36)20-13-15-22(16-14-20)38-21-11-7-4-8-12-21/h3-16,18,23-24H,17,30H2,1-2H3,(H,31,35)(H,33,39)/t23-,24-/m0/s1. The zero-order chi connectivity index (χ0) is 28.6. The Morgan fingerprint density at radius 3 is 2.15 bits per heavy atom. The van der Waals surface area contributed by atoms with Crippen molar-refractivity contribution in [2.75, 3.05) is 4.90 Å². The van der Waals surface area contributed by atoms with E-state index in [4.69, 9.17) is 22.7 Å². The van der Waals surface area contributed by atoms with Crippen molar-refractivity contribution in [2.45, 2.75) is 32.4 Å². The largest absolute Gasteiger partial charge is 0.457 e. The Morgan fingerprint density at radius 1 is 0.975 bits per heavy atom. The molecule has 1 heterocycles. The van der Waals surface area contributed by atoms with Crippen molar-refractivity contribution < 1.29 is 19.1 Å². The van der Waals surface area contributed by atoms with Gasteiger partial charge in [-0.1, -0.05) is 73.7 Å². The summed E-state index contributed by atoms with van der Waals surface area (Å²) in [4.78, 5) is 41.5. The number of benzene rings is 3. The zero-order valence-electron chi connectivity index (χ0n) is 21.9. The van der Waals surface area contributed by atoms with Crippen LogP contribution in [0.5, 0.6) is 11.5 Å². The first-order chi connectivity index (χ1) is 19.2. The molecule has 4 aromatic rings. The third kappa shape index (κ3) is 7.26. The molecule has 1 aromatic heterocycles. The first kappa shape index (κ1) is 28.8. The van der Waals surface area contributed by atoms with Crippen LogP contribution < -0.4 is 20.7 Å². The molecule has 0 aliphatic rings. The molecule has 40 heavy (non-hydrogen) atoms. The second-order valence-corrected chi connectivity index (χ2v) is 11.0. The second kappa shape index (κ2) is 13.2. The SMILES string of the molecule is CC(C)[C@H](NC(=O)[C@@H](N)Cc1ccccc1)C(=O)N(C(=O)c1ccc(Oc2ccccc2)cc1)c1n[nH]c(=S)s1. The van der Waals surface area contributed by atoms with Gasteiger partial charge in [0.1, 0.15) is 17.5 Å². The molecule has 2 atom stereocenters. The molecule has 3 aromatic carbocycles. The molecule has 0 unspecified atom stereocenters. The summed E-state index contributed by atoms with van der Waals surface area (Å²) in [5.41, 5.74) is 7.28. The van der Waals surface area contributed by atoms with Gasteiger partial charge in [0.25, 0.3) is 11.8 Å². The highest BCUT2D eigenvalue weighted by molar-refractivity contribution is 7.73. The number of amides is 3. The number of carbonyl (C=O) groups excluding carboxylic acids is 3. The number of carbonyl (C=O) groups is 3. The van der Waals surface area contributed by atoms with Gasteiger partial charge in [-0.25, -0.2) is 4.90 Å². The van der Waals surface area contributed by atoms with Gasteiger partial charge < -0.3 is 15.8 Å². The number of imide groups is 1. The average molecular weight is 576 g/mol. The van der Waals surface area contributed by atoms with Crippen LogP contribution in [-0.4, -0.2) is 40.0 Å². The van der Waals surface area contributed by atoms with Crippen molar-refractivity contribution in [3.63, 3.8) is 0 Å². The molecular formula is C29H29N5O4S2. The van der Waals surface area contributed by atoms with E-state index in [0.717, 1.165) is 21.8 Å². The maximum atomic E-state index is 13.9. The minimum absolute atomic E-state index is 0.0677. The van der Waals surface area contributed by atoms with E-state index in [-0.39, 0.29) is 16.6 Å².